The number of hydrogen-bond acceptors (Lipinski definition) is 6. The number of carbonyl (C=O) groups excluding carboxylic acids is 1. The first-order valence-electron chi connectivity index (χ1n) is 9.63. The highest BCUT2D eigenvalue weighted by Crippen LogP contribution is 2.21. The smallest absolute Gasteiger partial charge is 0.243 e. The normalized spacial score (nSPS) is 23.3. The Kier molecular flexibility index (Phi) is 6.06. The minimum Gasteiger partial charge on any atom is -0.352 e. The van der Waals surface area contributed by atoms with Crippen molar-refractivity contribution in [1.82, 2.24) is 25.3 Å². The third-order valence-electron chi connectivity index (χ3n) is 5.68. The number of nitrogens with one attached hydrogen (secondary N) is 1. The number of amides is 1. The van der Waals surface area contributed by atoms with Crippen molar-refractivity contribution < 1.29 is 9.32 Å². The average Bonchev–Trinajstić information content (AvgIpc) is 3.08. The largest absolute Gasteiger partial charge is 0.352 e. The lowest BCUT2D eigenvalue weighted by Crippen LogP contribution is -2.55. The topological polar surface area (TPSA) is 74.5 Å². The lowest BCUT2D eigenvalue weighted by Gasteiger charge is -2.39. The van der Waals surface area contributed by atoms with Crippen molar-refractivity contribution in [3.05, 3.63) is 11.7 Å². The number of piperazine rings is 1. The molecule has 1 saturated carbocycles. The molecule has 0 unspecified atom stereocenters. The molecule has 0 spiro atoms. The Labute approximate surface area is 150 Å². The summed E-state index contributed by atoms with van der Waals surface area (Å²) in [5.74, 6) is 1.53. The molecule has 1 N–H and O–H groups in total. The maximum Gasteiger partial charge on any atom is 0.243 e. The summed E-state index contributed by atoms with van der Waals surface area (Å²) in [7, 11) is 0. The molecule has 1 amide bonds. The van der Waals surface area contributed by atoms with Crippen LogP contribution in [-0.4, -0.2) is 64.1 Å². The molecule has 0 aromatic carbocycles. The second-order valence-electron chi connectivity index (χ2n) is 7.45. The van der Waals surface area contributed by atoms with Gasteiger partial charge in [-0.05, 0) is 33.6 Å². The molecule has 7 heteroatoms. The van der Waals surface area contributed by atoms with Gasteiger partial charge in [0.15, 0.2) is 5.82 Å². The van der Waals surface area contributed by atoms with Gasteiger partial charge in [-0.25, -0.2) is 0 Å². The Morgan fingerprint density at radius 2 is 1.76 bits per heavy atom. The first kappa shape index (κ1) is 18.3. The molecular weight excluding hydrogens is 318 g/mol. The van der Waals surface area contributed by atoms with E-state index in [2.05, 4.69) is 32.2 Å². The summed E-state index contributed by atoms with van der Waals surface area (Å²) < 4.78 is 5.30. The Morgan fingerprint density at radius 3 is 2.36 bits per heavy atom. The zero-order valence-electron chi connectivity index (χ0n) is 15.7. The molecule has 2 heterocycles. The molecule has 1 saturated heterocycles. The first-order chi connectivity index (χ1) is 12.0. The summed E-state index contributed by atoms with van der Waals surface area (Å²) in [6, 6.07) is 0.436. The summed E-state index contributed by atoms with van der Waals surface area (Å²) in [5.41, 5.74) is 0. The molecule has 140 valence electrons. The van der Waals surface area contributed by atoms with Gasteiger partial charge in [0.2, 0.25) is 11.8 Å². The van der Waals surface area contributed by atoms with E-state index < -0.39 is 0 Å². The summed E-state index contributed by atoms with van der Waals surface area (Å²) in [5, 5.41) is 7.13. The van der Waals surface area contributed by atoms with E-state index in [0.29, 0.717) is 17.8 Å². The molecule has 25 heavy (non-hydrogen) atoms. The SMILES string of the molecule is Cc1noc([C@H](C)N2CCN([C@@H](C)C(=O)NC3CCCCC3)CC2)n1. The first-order valence-corrected chi connectivity index (χ1v) is 9.63. The molecule has 2 fully saturated rings. The Morgan fingerprint density at radius 1 is 1.12 bits per heavy atom. The van der Waals surface area contributed by atoms with Crippen LogP contribution in [0.4, 0.5) is 0 Å². The van der Waals surface area contributed by atoms with Gasteiger partial charge in [0, 0.05) is 32.2 Å². The number of aromatic nitrogens is 2. The minimum absolute atomic E-state index is 0.0648. The van der Waals surface area contributed by atoms with E-state index >= 15 is 0 Å². The standard InChI is InChI=1S/C18H31N5O2/c1-13(17(24)20-16-7-5-4-6-8-16)22-9-11-23(12-10-22)14(2)18-19-15(3)21-25-18/h13-14,16H,4-12H2,1-3H3,(H,20,24)/t13-,14-/m0/s1. The highest BCUT2D eigenvalue weighted by atomic mass is 16.5. The Hall–Kier alpha value is -1.47. The maximum absolute atomic E-state index is 12.6. The predicted molar refractivity (Wildman–Crippen MR) is 95.1 cm³/mol. The molecule has 0 bridgehead atoms. The molecule has 1 aliphatic carbocycles. The summed E-state index contributed by atoms with van der Waals surface area (Å²) in [4.78, 5) is 21.5. The van der Waals surface area contributed by atoms with Gasteiger partial charge >= 0.3 is 0 Å². The summed E-state index contributed by atoms with van der Waals surface area (Å²) >= 11 is 0. The van der Waals surface area contributed by atoms with Gasteiger partial charge in [-0.15, -0.1) is 0 Å². The van der Waals surface area contributed by atoms with Crippen LogP contribution in [-0.2, 0) is 4.79 Å². The van der Waals surface area contributed by atoms with Gasteiger partial charge in [0.25, 0.3) is 0 Å². The lowest BCUT2D eigenvalue weighted by atomic mass is 9.95. The molecule has 1 aromatic rings. The van der Waals surface area contributed by atoms with Crippen molar-refractivity contribution >= 4 is 5.91 Å². The van der Waals surface area contributed by atoms with E-state index in [4.69, 9.17) is 4.52 Å². The Bertz CT molecular complexity index is 562. The van der Waals surface area contributed by atoms with Crippen LogP contribution in [0, 0.1) is 6.92 Å². The van der Waals surface area contributed by atoms with Crippen molar-refractivity contribution in [3.8, 4) is 0 Å². The van der Waals surface area contributed by atoms with E-state index in [1.54, 1.807) is 0 Å². The minimum atomic E-state index is -0.0648. The second kappa shape index (κ2) is 8.27. The van der Waals surface area contributed by atoms with Crippen LogP contribution in [0.15, 0.2) is 4.52 Å². The van der Waals surface area contributed by atoms with Crippen LogP contribution in [0.25, 0.3) is 0 Å². The molecular formula is C18H31N5O2. The van der Waals surface area contributed by atoms with Crippen molar-refractivity contribution in [3.63, 3.8) is 0 Å². The molecule has 2 aliphatic rings. The van der Waals surface area contributed by atoms with Crippen LogP contribution < -0.4 is 5.32 Å². The lowest BCUT2D eigenvalue weighted by molar-refractivity contribution is -0.127. The quantitative estimate of drug-likeness (QED) is 0.875. The number of carbonyl (C=O) groups is 1. The van der Waals surface area contributed by atoms with Crippen LogP contribution in [0.3, 0.4) is 0 Å². The predicted octanol–water partition coefficient (Wildman–Crippen LogP) is 1.89. The van der Waals surface area contributed by atoms with E-state index in [-0.39, 0.29) is 18.0 Å². The highest BCUT2D eigenvalue weighted by Gasteiger charge is 2.30. The molecule has 3 rings (SSSR count). The van der Waals surface area contributed by atoms with E-state index in [1.807, 2.05) is 13.8 Å². The van der Waals surface area contributed by atoms with Gasteiger partial charge in [0.05, 0.1) is 12.1 Å². The van der Waals surface area contributed by atoms with Gasteiger partial charge < -0.3 is 9.84 Å². The molecule has 7 nitrogen and oxygen atoms in total. The van der Waals surface area contributed by atoms with E-state index in [1.165, 1.54) is 19.3 Å². The number of nitrogens with zero attached hydrogens (tertiary/aromatic N) is 4. The third-order valence-corrected chi connectivity index (χ3v) is 5.68. The molecule has 2 atom stereocenters. The second-order valence-corrected chi connectivity index (χ2v) is 7.45. The zero-order chi connectivity index (χ0) is 17.8. The number of rotatable bonds is 5. The monoisotopic (exact) mass is 349 g/mol. The third kappa shape index (κ3) is 4.58. The molecule has 1 aliphatic heterocycles. The fourth-order valence-electron chi connectivity index (χ4n) is 3.89. The van der Waals surface area contributed by atoms with Gasteiger partial charge in [-0.3, -0.25) is 14.6 Å². The van der Waals surface area contributed by atoms with Crippen molar-refractivity contribution in [1.29, 1.82) is 0 Å². The van der Waals surface area contributed by atoms with Crippen molar-refractivity contribution in [2.45, 2.75) is 71.0 Å². The number of aryl methyl sites for hydroxylation is 1. The summed E-state index contributed by atoms with van der Waals surface area (Å²) in [6.45, 7) is 9.55. The van der Waals surface area contributed by atoms with E-state index in [0.717, 1.165) is 39.0 Å². The average molecular weight is 349 g/mol. The van der Waals surface area contributed by atoms with Gasteiger partial charge in [0.1, 0.15) is 0 Å². The van der Waals surface area contributed by atoms with Crippen LogP contribution in [0.1, 0.15) is 63.7 Å². The fraction of sp³-hybridized carbons (Fsp3) is 0.833. The molecule has 1 aromatic heterocycles. The van der Waals surface area contributed by atoms with Gasteiger partial charge in [-0.1, -0.05) is 24.4 Å². The van der Waals surface area contributed by atoms with Crippen molar-refractivity contribution in [2.75, 3.05) is 26.2 Å². The van der Waals surface area contributed by atoms with E-state index in [9.17, 15) is 4.79 Å². The van der Waals surface area contributed by atoms with Crippen LogP contribution in [0.2, 0.25) is 0 Å². The van der Waals surface area contributed by atoms with Crippen LogP contribution >= 0.6 is 0 Å². The zero-order valence-corrected chi connectivity index (χ0v) is 15.7. The van der Waals surface area contributed by atoms with Crippen LogP contribution in [0.5, 0.6) is 0 Å². The maximum atomic E-state index is 12.6. The van der Waals surface area contributed by atoms with Gasteiger partial charge in [-0.2, -0.15) is 4.98 Å². The molecule has 0 radical (unpaired) electrons. The summed E-state index contributed by atoms with van der Waals surface area (Å²) in [6.07, 6.45) is 6.05. The number of hydrogen-bond donors (Lipinski definition) is 1. The van der Waals surface area contributed by atoms with Crippen molar-refractivity contribution in [2.24, 2.45) is 0 Å². The highest BCUT2D eigenvalue weighted by molar-refractivity contribution is 5.81. The Balaban J connectivity index is 1.46. The fourth-order valence-corrected chi connectivity index (χ4v) is 3.89.